The summed E-state index contributed by atoms with van der Waals surface area (Å²) in [5.74, 6) is 0. The lowest BCUT2D eigenvalue weighted by atomic mass is 9.95. The van der Waals surface area contributed by atoms with Gasteiger partial charge in [0, 0.05) is 13.1 Å². The number of likely N-dealkylation sites (tertiary alicyclic amines) is 1. The molecule has 1 aliphatic rings. The van der Waals surface area contributed by atoms with Crippen molar-refractivity contribution in [2.75, 3.05) is 13.1 Å². The summed E-state index contributed by atoms with van der Waals surface area (Å²) in [5.41, 5.74) is 0.296. The third kappa shape index (κ3) is 4.38. The summed E-state index contributed by atoms with van der Waals surface area (Å²) in [6.45, 7) is 4.96. The molecule has 6 heteroatoms. The fourth-order valence-electron chi connectivity index (χ4n) is 2.41. The first kappa shape index (κ1) is 16.1. The molecule has 0 unspecified atom stereocenters. The molecule has 0 saturated carbocycles. The highest BCUT2D eigenvalue weighted by Crippen LogP contribution is 2.19. The Morgan fingerprint density at radius 3 is 2.32 bits per heavy atom. The molecule has 1 aliphatic heterocycles. The zero-order valence-corrected chi connectivity index (χ0v) is 13.0. The number of piperidine rings is 1. The van der Waals surface area contributed by atoms with Crippen LogP contribution in [0.25, 0.3) is 0 Å². The maximum Gasteiger partial charge on any atom is 0.453 e. The molecule has 120 valence electrons. The van der Waals surface area contributed by atoms with E-state index in [-0.39, 0.29) is 0 Å². The molecule has 6 nitrogen and oxygen atoms in total. The average Bonchev–Trinajstić information content (AvgIpc) is 2.54. The van der Waals surface area contributed by atoms with E-state index >= 15 is 0 Å². The summed E-state index contributed by atoms with van der Waals surface area (Å²) in [6.07, 6.45) is 1.59. The van der Waals surface area contributed by atoms with Crippen LogP contribution in [-0.4, -0.2) is 30.2 Å². The summed E-state index contributed by atoms with van der Waals surface area (Å²) in [7, 11) is 0. The fraction of sp³-hybridized carbons (Fsp3) is 0.500. The van der Waals surface area contributed by atoms with Gasteiger partial charge in [0.1, 0.15) is 0 Å². The Morgan fingerprint density at radius 1 is 1.05 bits per heavy atom. The normalized spacial score (nSPS) is 15.1. The third-order valence-corrected chi connectivity index (χ3v) is 3.71. The second kappa shape index (κ2) is 7.15. The number of hydrogen-bond acceptors (Lipinski definition) is 4. The smallest absolute Gasteiger partial charge is 0.309 e. The van der Waals surface area contributed by atoms with Crippen molar-refractivity contribution in [1.82, 2.24) is 10.2 Å². The molecule has 0 bridgehead atoms. The zero-order chi connectivity index (χ0) is 16.0. The van der Waals surface area contributed by atoms with Crippen molar-refractivity contribution < 1.29 is 19.4 Å². The minimum Gasteiger partial charge on any atom is -0.309 e. The highest BCUT2D eigenvalue weighted by molar-refractivity contribution is 5.71. The van der Waals surface area contributed by atoms with Crippen LogP contribution in [0.1, 0.15) is 38.7 Å². The van der Waals surface area contributed by atoms with Crippen molar-refractivity contribution in [2.45, 2.75) is 38.6 Å². The van der Waals surface area contributed by atoms with Gasteiger partial charge in [0.05, 0.1) is 5.54 Å². The summed E-state index contributed by atoms with van der Waals surface area (Å²) >= 11 is 0. The number of carbonyl (C=O) groups is 2. The number of benzene rings is 1. The Hall–Kier alpha value is -2.24. The third-order valence-electron chi connectivity index (χ3n) is 3.71. The van der Waals surface area contributed by atoms with Crippen LogP contribution in [0.3, 0.4) is 0 Å². The van der Waals surface area contributed by atoms with Crippen LogP contribution in [-0.2, 0) is 15.3 Å². The van der Waals surface area contributed by atoms with Crippen molar-refractivity contribution in [2.24, 2.45) is 0 Å². The summed E-state index contributed by atoms with van der Waals surface area (Å²) in [5, 5.41) is 2.67. The molecule has 1 heterocycles. The van der Waals surface area contributed by atoms with E-state index in [9.17, 15) is 9.59 Å². The van der Waals surface area contributed by atoms with E-state index in [0.717, 1.165) is 24.8 Å². The predicted molar refractivity (Wildman–Crippen MR) is 81.0 cm³/mol. The van der Waals surface area contributed by atoms with Crippen molar-refractivity contribution in [3.05, 3.63) is 35.9 Å². The van der Waals surface area contributed by atoms with Crippen molar-refractivity contribution in [1.29, 1.82) is 0 Å². The van der Waals surface area contributed by atoms with Gasteiger partial charge in [0.2, 0.25) is 0 Å². The molecular formula is C16H22N2O4. The zero-order valence-electron chi connectivity index (χ0n) is 13.0. The molecule has 0 aliphatic carbocycles. The van der Waals surface area contributed by atoms with Gasteiger partial charge >= 0.3 is 12.2 Å². The number of amides is 2. The fourth-order valence-corrected chi connectivity index (χ4v) is 2.41. The van der Waals surface area contributed by atoms with Crippen molar-refractivity contribution in [3.63, 3.8) is 0 Å². The SMILES string of the molecule is CC(C)(NC(=O)OOC(=O)N1CCCCC1)c1ccccc1. The van der Waals surface area contributed by atoms with Gasteiger partial charge in [0.25, 0.3) is 0 Å². The van der Waals surface area contributed by atoms with Gasteiger partial charge in [-0.05, 0) is 38.7 Å². The molecule has 0 atom stereocenters. The molecule has 0 aromatic heterocycles. The minimum absolute atomic E-state index is 0.618. The molecule has 1 aromatic rings. The first-order valence-electron chi connectivity index (χ1n) is 7.50. The molecule has 0 radical (unpaired) electrons. The van der Waals surface area contributed by atoms with Crippen LogP contribution in [0.2, 0.25) is 0 Å². The molecule has 2 rings (SSSR count). The molecule has 1 fully saturated rings. The van der Waals surface area contributed by atoms with Gasteiger partial charge in [-0.25, -0.2) is 19.4 Å². The van der Waals surface area contributed by atoms with E-state index in [1.807, 2.05) is 44.2 Å². The van der Waals surface area contributed by atoms with Crippen LogP contribution >= 0.6 is 0 Å². The maximum absolute atomic E-state index is 11.8. The molecule has 1 aromatic carbocycles. The first-order valence-corrected chi connectivity index (χ1v) is 7.50. The maximum atomic E-state index is 11.8. The summed E-state index contributed by atoms with van der Waals surface area (Å²) in [4.78, 5) is 34.2. The van der Waals surface area contributed by atoms with Gasteiger partial charge in [-0.1, -0.05) is 30.3 Å². The van der Waals surface area contributed by atoms with Gasteiger partial charge < -0.3 is 10.2 Å². The minimum atomic E-state index is -0.792. The number of rotatable bonds is 2. The van der Waals surface area contributed by atoms with Crippen LogP contribution < -0.4 is 5.32 Å². The topological polar surface area (TPSA) is 67.9 Å². The quantitative estimate of drug-likeness (QED) is 0.673. The molecule has 22 heavy (non-hydrogen) atoms. The van der Waals surface area contributed by atoms with Crippen LogP contribution in [0.4, 0.5) is 9.59 Å². The lowest BCUT2D eigenvalue weighted by Crippen LogP contribution is -2.42. The van der Waals surface area contributed by atoms with Gasteiger partial charge in [-0.15, -0.1) is 0 Å². The number of hydrogen-bond donors (Lipinski definition) is 1. The first-order chi connectivity index (χ1) is 10.5. The lowest BCUT2D eigenvalue weighted by molar-refractivity contribution is -0.190. The van der Waals surface area contributed by atoms with Gasteiger partial charge in [0.15, 0.2) is 0 Å². The molecule has 1 saturated heterocycles. The van der Waals surface area contributed by atoms with Gasteiger partial charge in [-0.2, -0.15) is 0 Å². The average molecular weight is 306 g/mol. The number of nitrogens with one attached hydrogen (secondary N) is 1. The standard InChI is InChI=1S/C16H22N2O4/c1-16(2,13-9-5-3-6-10-13)17-14(19)21-22-15(20)18-11-7-4-8-12-18/h3,5-6,9-10H,4,7-8,11-12H2,1-2H3,(H,17,19). The van der Waals surface area contributed by atoms with E-state index in [1.54, 1.807) is 4.90 Å². The summed E-state index contributed by atoms with van der Waals surface area (Å²) < 4.78 is 0. The Labute approximate surface area is 130 Å². The van der Waals surface area contributed by atoms with Crippen molar-refractivity contribution in [3.8, 4) is 0 Å². The highest BCUT2D eigenvalue weighted by Gasteiger charge is 2.25. The lowest BCUT2D eigenvalue weighted by Gasteiger charge is -2.27. The number of carbonyl (C=O) groups excluding carboxylic acids is 2. The Morgan fingerprint density at radius 2 is 1.68 bits per heavy atom. The van der Waals surface area contributed by atoms with E-state index < -0.39 is 17.7 Å². The summed E-state index contributed by atoms with van der Waals surface area (Å²) in [6, 6.07) is 9.49. The largest absolute Gasteiger partial charge is 0.453 e. The van der Waals surface area contributed by atoms with Gasteiger partial charge in [-0.3, -0.25) is 0 Å². The van der Waals surface area contributed by atoms with Crippen LogP contribution in [0.15, 0.2) is 30.3 Å². The van der Waals surface area contributed by atoms with E-state index in [0.29, 0.717) is 13.1 Å². The van der Waals surface area contributed by atoms with E-state index in [4.69, 9.17) is 0 Å². The van der Waals surface area contributed by atoms with Crippen LogP contribution in [0, 0.1) is 0 Å². The monoisotopic (exact) mass is 306 g/mol. The van der Waals surface area contributed by atoms with Crippen molar-refractivity contribution >= 4 is 12.2 Å². The molecule has 0 spiro atoms. The Balaban J connectivity index is 1.81. The Kier molecular flexibility index (Phi) is 5.25. The molecule has 1 N–H and O–H groups in total. The predicted octanol–water partition coefficient (Wildman–Crippen LogP) is 3.19. The van der Waals surface area contributed by atoms with Crippen LogP contribution in [0.5, 0.6) is 0 Å². The number of nitrogens with zero attached hydrogens (tertiary/aromatic N) is 1. The molecular weight excluding hydrogens is 284 g/mol. The second-order valence-corrected chi connectivity index (χ2v) is 5.88. The Bertz CT molecular complexity index is 510. The second-order valence-electron chi connectivity index (χ2n) is 5.88. The van der Waals surface area contributed by atoms with E-state index in [1.165, 1.54) is 0 Å². The van der Waals surface area contributed by atoms with E-state index in [2.05, 4.69) is 15.1 Å². The highest BCUT2D eigenvalue weighted by atomic mass is 17.2. The molecule has 2 amide bonds.